The Morgan fingerprint density at radius 3 is 0.565 bits per heavy atom. The Morgan fingerprint density at radius 1 is 0.153 bits per heavy atom. The highest BCUT2D eigenvalue weighted by atomic mass is 16.6. The zero-order chi connectivity index (χ0) is 61.8. The number of ether oxygens (including phenoxy) is 8. The zero-order valence-corrected chi connectivity index (χ0v) is 41.7. The first-order valence-corrected chi connectivity index (χ1v) is 23.1. The molecule has 0 amide bonds. The lowest BCUT2D eigenvalue weighted by Gasteiger charge is -2.19. The molecule has 0 fully saturated rings. The Hall–Kier alpha value is -13.2. The molecule has 0 saturated heterocycles. The second-order valence-corrected chi connectivity index (χ2v) is 17.4. The SMILES string of the molecule is Oc1cc(O)c(Oc2cc(O)c(Oc3cc(O)c(O)c(O)c3Oc3cc(O)c(Oc4cc(O)c(O)c(O)c4Oc4cc(O)c(Oc5cc(O)c(O)c(O)c5Oc5cc(O)c(Oc6cc(O)c(O)c(O)c6)c(O)c5)c(O)c4)c(O)c3)c(O)c2)c(O)c1. The van der Waals surface area contributed by atoms with E-state index in [0.29, 0.717) is 42.5 Å². The largest absolute Gasteiger partial charge is 0.508 e. The predicted molar refractivity (Wildman–Crippen MR) is 277 cm³/mol. The smallest absolute Gasteiger partial charge is 0.215 e. The van der Waals surface area contributed by atoms with Crippen molar-refractivity contribution in [2.75, 3.05) is 0 Å². The number of rotatable bonds is 16. The van der Waals surface area contributed by atoms with Crippen LogP contribution in [0.4, 0.5) is 0 Å². The first kappa shape index (κ1) is 56.5. The van der Waals surface area contributed by atoms with Crippen LogP contribution in [0.2, 0.25) is 0 Å². The van der Waals surface area contributed by atoms with Crippen LogP contribution in [0.1, 0.15) is 0 Å². The second-order valence-electron chi connectivity index (χ2n) is 17.4. The van der Waals surface area contributed by atoms with Crippen LogP contribution >= 0.6 is 0 Å². The first-order valence-electron chi connectivity index (χ1n) is 23.1. The molecule has 9 aromatic carbocycles. The third-order valence-corrected chi connectivity index (χ3v) is 11.4. The lowest BCUT2D eigenvalue weighted by molar-refractivity contribution is 0.318. The molecule has 0 aromatic heterocycles. The van der Waals surface area contributed by atoms with Gasteiger partial charge < -0.3 is 155 Å². The molecule has 0 aliphatic rings. The molecule has 0 atom stereocenters. The maximum absolute atomic E-state index is 11.1. The van der Waals surface area contributed by atoms with Gasteiger partial charge in [0, 0.05) is 91.0 Å². The number of phenols is 23. The van der Waals surface area contributed by atoms with E-state index in [1.54, 1.807) is 0 Å². The van der Waals surface area contributed by atoms with Crippen molar-refractivity contribution in [3.8, 4) is 224 Å². The molecule has 0 spiro atoms. The van der Waals surface area contributed by atoms with E-state index in [9.17, 15) is 117 Å². The maximum atomic E-state index is 11.1. The minimum atomic E-state index is -1.31. The van der Waals surface area contributed by atoms with Crippen molar-refractivity contribution < 1.29 is 155 Å². The van der Waals surface area contributed by atoms with E-state index in [4.69, 9.17) is 37.9 Å². The van der Waals surface area contributed by atoms with Gasteiger partial charge in [-0.3, -0.25) is 0 Å². The molecule has 0 radical (unpaired) electrons. The van der Waals surface area contributed by atoms with Crippen LogP contribution in [-0.2, 0) is 0 Å². The summed E-state index contributed by atoms with van der Waals surface area (Å²) in [6, 6.07) is 10.9. The summed E-state index contributed by atoms with van der Waals surface area (Å²) in [5.41, 5.74) is 0. The molecule has 31 nitrogen and oxygen atoms in total. The maximum Gasteiger partial charge on any atom is 0.215 e. The minimum absolute atomic E-state index is 0.391. The summed E-state index contributed by atoms with van der Waals surface area (Å²) < 4.78 is 44.0. The molecule has 0 aliphatic heterocycles. The van der Waals surface area contributed by atoms with Crippen LogP contribution < -0.4 is 37.9 Å². The molecule has 0 saturated carbocycles. The van der Waals surface area contributed by atoms with E-state index in [2.05, 4.69) is 0 Å². The third kappa shape index (κ3) is 11.0. The monoisotopic (exact) mass is 1180 g/mol. The Kier molecular flexibility index (Phi) is 14.3. The molecule has 0 bridgehead atoms. The number of hydrogen-bond acceptors (Lipinski definition) is 31. The zero-order valence-electron chi connectivity index (χ0n) is 41.7. The molecule has 9 aromatic rings. The van der Waals surface area contributed by atoms with Crippen molar-refractivity contribution >= 4 is 0 Å². The molecule has 0 unspecified atom stereocenters. The molecule has 31 heteroatoms. The third-order valence-electron chi connectivity index (χ3n) is 11.4. The quantitative estimate of drug-likeness (QED) is 0.0400. The normalized spacial score (nSPS) is 11.0. The molecule has 85 heavy (non-hydrogen) atoms. The van der Waals surface area contributed by atoms with Gasteiger partial charge in [0.15, 0.2) is 103 Å². The van der Waals surface area contributed by atoms with Crippen LogP contribution in [0.3, 0.4) is 0 Å². The topological polar surface area (TPSA) is 539 Å². The van der Waals surface area contributed by atoms with Gasteiger partial charge in [0.1, 0.15) is 34.5 Å². The van der Waals surface area contributed by atoms with E-state index in [0.717, 1.165) is 48.5 Å². The van der Waals surface area contributed by atoms with Gasteiger partial charge in [-0.1, -0.05) is 0 Å². The summed E-state index contributed by atoms with van der Waals surface area (Å²) in [5, 5.41) is 241. The van der Waals surface area contributed by atoms with Gasteiger partial charge in [0.05, 0.1) is 0 Å². The first-order chi connectivity index (χ1) is 40.1. The van der Waals surface area contributed by atoms with Gasteiger partial charge in [0.25, 0.3) is 0 Å². The van der Waals surface area contributed by atoms with Crippen molar-refractivity contribution in [1.82, 2.24) is 0 Å². The molecular weight excluding hydrogens is 1140 g/mol. The van der Waals surface area contributed by atoms with Gasteiger partial charge in [-0.2, -0.15) is 0 Å². The summed E-state index contributed by atoms with van der Waals surface area (Å²) >= 11 is 0. The molecule has 0 aliphatic carbocycles. The van der Waals surface area contributed by atoms with Crippen LogP contribution in [0.25, 0.3) is 0 Å². The van der Waals surface area contributed by atoms with Crippen LogP contribution in [0.15, 0.2) is 91.0 Å². The van der Waals surface area contributed by atoms with Gasteiger partial charge in [0.2, 0.25) is 86.2 Å². The number of phenolic OH excluding ortho intramolecular Hbond substituents is 23. The van der Waals surface area contributed by atoms with E-state index in [1.165, 1.54) is 0 Å². The van der Waals surface area contributed by atoms with Crippen molar-refractivity contribution in [3.63, 3.8) is 0 Å². The molecule has 9 rings (SSSR count). The van der Waals surface area contributed by atoms with E-state index in [1.807, 2.05) is 0 Å². The molecule has 0 heterocycles. The number of aromatic hydroxyl groups is 23. The van der Waals surface area contributed by atoms with Crippen LogP contribution in [0, 0.1) is 0 Å². The fraction of sp³-hybridized carbons (Fsp3) is 0. The highest BCUT2D eigenvalue weighted by Crippen LogP contribution is 2.59. The van der Waals surface area contributed by atoms with E-state index in [-0.39, 0.29) is 0 Å². The van der Waals surface area contributed by atoms with Crippen molar-refractivity contribution in [2.45, 2.75) is 0 Å². The fourth-order valence-corrected chi connectivity index (χ4v) is 7.53. The van der Waals surface area contributed by atoms with Crippen molar-refractivity contribution in [1.29, 1.82) is 0 Å². The van der Waals surface area contributed by atoms with Crippen LogP contribution in [-0.4, -0.2) is 117 Å². The van der Waals surface area contributed by atoms with Gasteiger partial charge >= 0.3 is 0 Å². The number of hydrogen-bond donors (Lipinski definition) is 23. The van der Waals surface area contributed by atoms with E-state index < -0.39 is 224 Å². The standard InChI is InChI=1S/C54H38O31/c55-16-1-27(61)47(28(62)2-16)79-18-5-31(65)49(32(66)6-18)83-38-14-25(59)42(73)45(76)53(38)81-20-9-35(69)51(36(70)10-20)85-39-15-26(60)43(74)46(77)54(39)82-21-11-33(67)50(34(68)12-21)84-37-13-24(58)41(72)44(75)52(37)80-19-7-29(63)48(30(64)8-19)78-17-3-22(56)40(71)23(57)4-17/h1-15,55-77H. The van der Waals surface area contributed by atoms with Gasteiger partial charge in [-0.25, -0.2) is 0 Å². The lowest BCUT2D eigenvalue weighted by atomic mass is 10.2. The van der Waals surface area contributed by atoms with Crippen molar-refractivity contribution in [2.24, 2.45) is 0 Å². The second kappa shape index (κ2) is 21.4. The summed E-state index contributed by atoms with van der Waals surface area (Å²) in [6.07, 6.45) is 0. The van der Waals surface area contributed by atoms with E-state index >= 15 is 0 Å². The fourth-order valence-electron chi connectivity index (χ4n) is 7.53. The average Bonchev–Trinajstić information content (AvgIpc) is 1.93. The highest BCUT2D eigenvalue weighted by Gasteiger charge is 2.30. The molecule has 23 N–H and O–H groups in total. The Morgan fingerprint density at radius 2 is 0.329 bits per heavy atom. The summed E-state index contributed by atoms with van der Waals surface area (Å²) in [5.74, 6) is -35.3. The molecular formula is C54H38O31. The predicted octanol–water partition coefficient (Wildman–Crippen LogP) is 9.25. The summed E-state index contributed by atoms with van der Waals surface area (Å²) in [7, 11) is 0. The number of benzene rings is 9. The Labute approximate surface area is 469 Å². The van der Waals surface area contributed by atoms with Crippen LogP contribution in [0.5, 0.6) is 224 Å². The van der Waals surface area contributed by atoms with Crippen molar-refractivity contribution in [3.05, 3.63) is 91.0 Å². The average molecular weight is 1180 g/mol. The highest BCUT2D eigenvalue weighted by molar-refractivity contribution is 5.72. The minimum Gasteiger partial charge on any atom is -0.508 e. The lowest BCUT2D eigenvalue weighted by Crippen LogP contribution is -1.96. The Balaban J connectivity index is 0.961. The van der Waals surface area contributed by atoms with Gasteiger partial charge in [-0.05, 0) is 0 Å². The Bertz CT molecular complexity index is 4060. The molecule has 440 valence electrons. The van der Waals surface area contributed by atoms with Gasteiger partial charge in [-0.15, -0.1) is 0 Å². The summed E-state index contributed by atoms with van der Waals surface area (Å²) in [4.78, 5) is 0. The summed E-state index contributed by atoms with van der Waals surface area (Å²) in [6.45, 7) is 0.